The summed E-state index contributed by atoms with van der Waals surface area (Å²) in [7, 11) is 4.86. The summed E-state index contributed by atoms with van der Waals surface area (Å²) in [5.74, 6) is 1.26. The SMILES string of the molecule is CN[C@@H](C)C(=O)N[C@H](C(=O)N1CCC[C@H]1C(=O)Cc1cc2c(Nc3ccc(OC)cc3)ncnc2cc1OC)C(C)(C)C.Cl. The van der Waals surface area contributed by atoms with Gasteiger partial charge in [-0.3, -0.25) is 14.4 Å². The lowest BCUT2D eigenvalue weighted by molar-refractivity contribution is -0.143. The highest BCUT2D eigenvalue weighted by Gasteiger charge is 2.42. The molecule has 1 fully saturated rings. The van der Waals surface area contributed by atoms with E-state index in [2.05, 4.69) is 25.9 Å². The normalized spacial score (nSPS) is 16.1. The molecule has 238 valence electrons. The van der Waals surface area contributed by atoms with E-state index in [1.165, 1.54) is 6.33 Å². The second-order valence-electron chi connectivity index (χ2n) is 11.9. The third kappa shape index (κ3) is 7.75. The standard InChI is InChI=1S/C32H42N6O5.ClH/c1-19(33-5)30(40)37-28(32(2,3)4)31(41)38-14-8-9-25(38)26(39)16-20-15-23-24(17-27(20)43-7)34-18-35-29(23)36-21-10-12-22(42-6)13-11-21;/h10-13,15,17-19,25,28,33H,8-9,14,16H2,1-7H3,(H,37,40)(H,34,35,36);1H/t19-,25-,28+;/m0./s1. The number of benzene rings is 2. The number of aromatic nitrogens is 2. The first kappa shape index (κ1) is 34.5. The van der Waals surface area contributed by atoms with E-state index in [1.807, 2.05) is 51.1 Å². The molecular formula is C32H43ClN6O5. The Kier molecular flexibility index (Phi) is 11.5. The number of carbonyl (C=O) groups excluding carboxylic acids is 3. The molecule has 2 heterocycles. The van der Waals surface area contributed by atoms with Crippen LogP contribution in [0.25, 0.3) is 10.9 Å². The number of hydrogen-bond acceptors (Lipinski definition) is 9. The number of rotatable bonds is 11. The lowest BCUT2D eigenvalue weighted by Gasteiger charge is -2.36. The number of nitrogens with one attached hydrogen (secondary N) is 3. The molecule has 0 unspecified atom stereocenters. The molecule has 1 aliphatic heterocycles. The molecule has 1 aliphatic rings. The average molecular weight is 627 g/mol. The van der Waals surface area contributed by atoms with E-state index >= 15 is 0 Å². The topological polar surface area (TPSA) is 135 Å². The molecule has 12 heteroatoms. The third-order valence-corrected chi connectivity index (χ3v) is 7.89. The fourth-order valence-electron chi connectivity index (χ4n) is 5.25. The van der Waals surface area contributed by atoms with Crippen LogP contribution in [0.5, 0.6) is 11.5 Å². The van der Waals surface area contributed by atoms with Gasteiger partial charge in [0, 0.05) is 35.7 Å². The van der Waals surface area contributed by atoms with Gasteiger partial charge in [0.05, 0.1) is 31.8 Å². The summed E-state index contributed by atoms with van der Waals surface area (Å²) >= 11 is 0. The molecule has 1 saturated heterocycles. The number of Topliss-reactive ketones (excluding diaryl/α,β-unsaturated/α-hetero) is 1. The molecule has 11 nitrogen and oxygen atoms in total. The number of likely N-dealkylation sites (tertiary alicyclic amines) is 1. The molecule has 4 rings (SSSR count). The Morgan fingerprint density at radius 3 is 2.39 bits per heavy atom. The van der Waals surface area contributed by atoms with Gasteiger partial charge in [0.25, 0.3) is 0 Å². The highest BCUT2D eigenvalue weighted by molar-refractivity contribution is 5.97. The summed E-state index contributed by atoms with van der Waals surface area (Å²) in [6.07, 6.45) is 2.81. The number of amides is 2. The molecule has 44 heavy (non-hydrogen) atoms. The zero-order chi connectivity index (χ0) is 31.3. The van der Waals surface area contributed by atoms with Crippen molar-refractivity contribution in [3.8, 4) is 11.5 Å². The van der Waals surface area contributed by atoms with E-state index in [0.717, 1.165) is 16.8 Å². The van der Waals surface area contributed by atoms with E-state index < -0.39 is 23.5 Å². The highest BCUT2D eigenvalue weighted by atomic mass is 35.5. The number of ether oxygens (including phenoxy) is 2. The number of nitrogens with zero attached hydrogens (tertiary/aromatic N) is 3. The van der Waals surface area contributed by atoms with Gasteiger partial charge in [-0.05, 0) is 62.6 Å². The van der Waals surface area contributed by atoms with Crippen molar-refractivity contribution < 1.29 is 23.9 Å². The minimum atomic E-state index is -0.775. The molecule has 0 aliphatic carbocycles. The quantitative estimate of drug-likeness (QED) is 0.288. The van der Waals surface area contributed by atoms with Gasteiger partial charge in [0.15, 0.2) is 5.78 Å². The Hall–Kier alpha value is -3.96. The van der Waals surface area contributed by atoms with E-state index in [1.54, 1.807) is 39.2 Å². The van der Waals surface area contributed by atoms with Crippen molar-refractivity contribution in [3.63, 3.8) is 0 Å². The molecule has 0 bridgehead atoms. The van der Waals surface area contributed by atoms with Crippen molar-refractivity contribution in [1.29, 1.82) is 0 Å². The number of halogens is 1. The molecule has 1 aromatic heterocycles. The van der Waals surface area contributed by atoms with Crippen LogP contribution in [0.1, 0.15) is 46.1 Å². The van der Waals surface area contributed by atoms with Gasteiger partial charge in [-0.2, -0.15) is 0 Å². The van der Waals surface area contributed by atoms with E-state index in [0.29, 0.717) is 42.0 Å². The van der Waals surface area contributed by atoms with Gasteiger partial charge in [0.2, 0.25) is 11.8 Å². The zero-order valence-corrected chi connectivity index (χ0v) is 27.2. The van der Waals surface area contributed by atoms with E-state index in [9.17, 15) is 14.4 Å². The summed E-state index contributed by atoms with van der Waals surface area (Å²) in [6.45, 7) is 7.92. The maximum atomic E-state index is 13.8. The number of likely N-dealkylation sites (N-methyl/N-ethyl adjacent to an activating group) is 1. The summed E-state index contributed by atoms with van der Waals surface area (Å²) in [5, 5.41) is 9.88. The number of methoxy groups -OCH3 is 2. The molecule has 2 aromatic carbocycles. The van der Waals surface area contributed by atoms with Crippen molar-refractivity contribution in [2.24, 2.45) is 5.41 Å². The van der Waals surface area contributed by atoms with E-state index in [4.69, 9.17) is 9.47 Å². The smallest absolute Gasteiger partial charge is 0.246 e. The third-order valence-electron chi connectivity index (χ3n) is 7.89. The summed E-state index contributed by atoms with van der Waals surface area (Å²) in [4.78, 5) is 50.9. The Bertz CT molecular complexity index is 1480. The van der Waals surface area contributed by atoms with Crippen LogP contribution in [0, 0.1) is 5.41 Å². The number of hydrogen-bond donors (Lipinski definition) is 3. The maximum Gasteiger partial charge on any atom is 0.246 e. The molecule has 0 saturated carbocycles. The Labute approximate surface area is 264 Å². The van der Waals surface area contributed by atoms with Crippen LogP contribution in [0.15, 0.2) is 42.7 Å². The Balaban J connectivity index is 0.00000529. The lowest BCUT2D eigenvalue weighted by Crippen LogP contribution is -2.58. The monoisotopic (exact) mass is 626 g/mol. The molecular weight excluding hydrogens is 584 g/mol. The first-order chi connectivity index (χ1) is 20.5. The highest BCUT2D eigenvalue weighted by Crippen LogP contribution is 2.32. The zero-order valence-electron chi connectivity index (χ0n) is 26.4. The van der Waals surface area contributed by atoms with Crippen molar-refractivity contribution in [1.82, 2.24) is 25.5 Å². The number of fused-ring (bicyclic) bond motifs is 1. The molecule has 2 amide bonds. The predicted molar refractivity (Wildman–Crippen MR) is 173 cm³/mol. The summed E-state index contributed by atoms with van der Waals surface area (Å²) in [5.41, 5.74) is 1.61. The Morgan fingerprint density at radius 2 is 1.77 bits per heavy atom. The number of anilines is 2. The minimum Gasteiger partial charge on any atom is -0.497 e. The average Bonchev–Trinajstić information content (AvgIpc) is 3.49. The van der Waals surface area contributed by atoms with Crippen molar-refractivity contribution in [2.75, 3.05) is 33.1 Å². The van der Waals surface area contributed by atoms with Crippen molar-refractivity contribution in [3.05, 3.63) is 48.3 Å². The number of ketones is 1. The van der Waals surface area contributed by atoms with Gasteiger partial charge in [-0.25, -0.2) is 9.97 Å². The maximum absolute atomic E-state index is 13.8. The summed E-state index contributed by atoms with van der Waals surface area (Å²) in [6, 6.07) is 9.32. The largest absolute Gasteiger partial charge is 0.497 e. The van der Waals surface area contributed by atoms with Crippen LogP contribution in [0.4, 0.5) is 11.5 Å². The van der Waals surface area contributed by atoms with E-state index in [-0.39, 0.29) is 36.4 Å². The van der Waals surface area contributed by atoms with Crippen LogP contribution in [0.2, 0.25) is 0 Å². The van der Waals surface area contributed by atoms with Crippen LogP contribution in [-0.4, -0.2) is 78.4 Å². The lowest BCUT2D eigenvalue weighted by atomic mass is 9.85. The fraction of sp³-hybridized carbons (Fsp3) is 0.469. The first-order valence-corrected chi connectivity index (χ1v) is 14.5. The van der Waals surface area contributed by atoms with Crippen molar-refractivity contribution in [2.45, 2.75) is 65.1 Å². The van der Waals surface area contributed by atoms with Crippen LogP contribution in [-0.2, 0) is 20.8 Å². The molecule has 0 radical (unpaired) electrons. The van der Waals surface area contributed by atoms with Gasteiger partial charge >= 0.3 is 0 Å². The second kappa shape index (κ2) is 14.7. The first-order valence-electron chi connectivity index (χ1n) is 14.5. The van der Waals surface area contributed by atoms with Crippen LogP contribution >= 0.6 is 12.4 Å². The van der Waals surface area contributed by atoms with Crippen molar-refractivity contribution >= 4 is 52.4 Å². The minimum absolute atomic E-state index is 0. The fourth-order valence-corrected chi connectivity index (χ4v) is 5.25. The molecule has 3 atom stereocenters. The van der Waals surface area contributed by atoms with Gasteiger partial charge in [-0.1, -0.05) is 20.8 Å². The molecule has 3 N–H and O–H groups in total. The number of carbonyl (C=O) groups is 3. The van der Waals surface area contributed by atoms with Crippen LogP contribution in [0.3, 0.4) is 0 Å². The molecule has 0 spiro atoms. The van der Waals surface area contributed by atoms with Gasteiger partial charge in [0.1, 0.15) is 29.7 Å². The predicted octanol–water partition coefficient (Wildman–Crippen LogP) is 4.05. The second-order valence-corrected chi connectivity index (χ2v) is 11.9. The van der Waals surface area contributed by atoms with Crippen LogP contribution < -0.4 is 25.4 Å². The Morgan fingerprint density at radius 1 is 1.07 bits per heavy atom. The summed E-state index contributed by atoms with van der Waals surface area (Å²) < 4.78 is 10.9. The molecule has 3 aromatic rings. The van der Waals surface area contributed by atoms with Gasteiger partial charge < -0.3 is 30.3 Å². The van der Waals surface area contributed by atoms with Gasteiger partial charge in [-0.15, -0.1) is 12.4 Å².